The van der Waals surface area contributed by atoms with Crippen LogP contribution in [0.2, 0.25) is 0 Å². The Bertz CT molecular complexity index is 2470. The summed E-state index contributed by atoms with van der Waals surface area (Å²) in [7, 11) is 0. The van der Waals surface area contributed by atoms with Gasteiger partial charge < -0.3 is 14.2 Å². The second kappa shape index (κ2) is 8.63. The van der Waals surface area contributed by atoms with Crippen LogP contribution in [0.1, 0.15) is 24.2 Å². The van der Waals surface area contributed by atoms with Crippen molar-refractivity contribution in [1.82, 2.24) is 4.57 Å². The Morgan fingerprint density at radius 3 is 2.44 bits per heavy atom. The molecule has 2 aliphatic carbocycles. The Kier molecular flexibility index (Phi) is 4.68. The van der Waals surface area contributed by atoms with E-state index in [9.17, 15) is 0 Å². The van der Waals surface area contributed by atoms with Gasteiger partial charge in [-0.25, -0.2) is 0 Å². The summed E-state index contributed by atoms with van der Waals surface area (Å²) in [6, 6.07) is 31.9. The van der Waals surface area contributed by atoms with Gasteiger partial charge in [-0.2, -0.15) is 0 Å². The first-order valence-electron chi connectivity index (χ1n) is 15.0. The van der Waals surface area contributed by atoms with Gasteiger partial charge >= 0.3 is 5.88 Å². The normalized spacial score (nSPS) is 20.7. The molecule has 7 aromatic rings. The average Bonchev–Trinajstić information content (AvgIpc) is 3.72. The molecule has 3 N–H and O–H groups in total. The van der Waals surface area contributed by atoms with Gasteiger partial charge in [0.1, 0.15) is 28.5 Å². The van der Waals surface area contributed by atoms with Crippen molar-refractivity contribution in [3.63, 3.8) is 0 Å². The highest BCUT2D eigenvalue weighted by molar-refractivity contribution is 6.07. The van der Waals surface area contributed by atoms with Crippen LogP contribution in [0.5, 0.6) is 0 Å². The lowest BCUT2D eigenvalue weighted by Crippen LogP contribution is -2.84. The zero-order chi connectivity index (χ0) is 28.1. The molecule has 43 heavy (non-hydrogen) atoms. The molecule has 5 nitrogen and oxygen atoms in total. The predicted octanol–water partition coefficient (Wildman–Crippen LogP) is 6.92. The molecule has 0 bridgehead atoms. The van der Waals surface area contributed by atoms with Crippen LogP contribution < -0.4 is 21.2 Å². The van der Waals surface area contributed by atoms with Crippen LogP contribution in [0.4, 0.5) is 11.6 Å². The lowest BCUT2D eigenvalue weighted by atomic mass is 9.87. The number of nitrogens with two attached hydrogens (primary N) is 1. The zero-order valence-corrected chi connectivity index (χ0v) is 23.3. The number of quaternary nitrogens is 1. The summed E-state index contributed by atoms with van der Waals surface area (Å²) in [5.41, 5.74) is 7.56. The van der Waals surface area contributed by atoms with E-state index in [4.69, 9.17) is 8.83 Å². The molecule has 4 heterocycles. The number of aromatic nitrogens is 1. The van der Waals surface area contributed by atoms with Gasteiger partial charge in [-0.3, -0.25) is 9.88 Å². The number of nitrogens with one attached hydrogen (secondary N) is 1. The molecule has 10 rings (SSSR count). The van der Waals surface area contributed by atoms with Crippen LogP contribution in [0.3, 0.4) is 0 Å². The third kappa shape index (κ3) is 3.25. The number of fused-ring (bicyclic) bond motifs is 10. The molecular formula is C38H28N3O2+. The molecule has 0 spiro atoms. The van der Waals surface area contributed by atoms with Crippen molar-refractivity contribution in [3.8, 4) is 0 Å². The topological polar surface area (TPSA) is 59.9 Å². The molecule has 5 heteroatoms. The molecule has 0 fully saturated rings. The van der Waals surface area contributed by atoms with E-state index >= 15 is 0 Å². The number of furan rings is 2. The van der Waals surface area contributed by atoms with E-state index < -0.39 is 0 Å². The summed E-state index contributed by atoms with van der Waals surface area (Å²) in [4.78, 5) is 0. The Morgan fingerprint density at radius 1 is 0.767 bits per heavy atom. The third-order valence-electron chi connectivity index (χ3n) is 9.56. The first kappa shape index (κ1) is 23.3. The molecular weight excluding hydrogens is 530 g/mol. The molecule has 0 amide bonds. The predicted molar refractivity (Wildman–Crippen MR) is 172 cm³/mol. The number of rotatable bonds is 2. The van der Waals surface area contributed by atoms with Gasteiger partial charge in [-0.1, -0.05) is 85.0 Å². The Balaban J connectivity index is 1.29. The zero-order valence-electron chi connectivity index (χ0n) is 23.3. The standard InChI is InChI=1S/C38H27N3O2/c1-2-11-23-21-30-28(20-22(23)10-1)24-12-3-6-16-29(24)41(30)37-35(39-36-26-14-5-8-18-32(26)43-38(36)40-37)27-15-9-19-33-34(27)25-13-4-7-17-31(25)42-33/h1-9,11-22,35,37,39-40H,10H2/p+1. The van der Waals surface area contributed by atoms with Crippen LogP contribution in [-0.4, -0.2) is 4.57 Å². The van der Waals surface area contributed by atoms with Crippen molar-refractivity contribution in [2.75, 3.05) is 5.32 Å². The maximum absolute atomic E-state index is 6.50. The number of benzene rings is 4. The fraction of sp³-hybridized carbons (Fsp3) is 0.105. The van der Waals surface area contributed by atoms with Crippen molar-refractivity contribution in [3.05, 3.63) is 131 Å². The van der Waals surface area contributed by atoms with Crippen LogP contribution in [0, 0.1) is 5.92 Å². The van der Waals surface area contributed by atoms with Crippen molar-refractivity contribution < 1.29 is 14.2 Å². The summed E-state index contributed by atoms with van der Waals surface area (Å²) >= 11 is 0. The molecule has 3 unspecified atom stereocenters. The number of allylic oxidation sites excluding steroid dienone is 4. The molecule has 0 saturated heterocycles. The van der Waals surface area contributed by atoms with Gasteiger partial charge in [0.15, 0.2) is 6.17 Å². The Morgan fingerprint density at radius 2 is 1.53 bits per heavy atom. The quantitative estimate of drug-likeness (QED) is 0.242. The van der Waals surface area contributed by atoms with Crippen LogP contribution in [-0.2, 0) is 0 Å². The van der Waals surface area contributed by atoms with Gasteiger partial charge in [0, 0.05) is 27.3 Å². The minimum Gasteiger partial charge on any atom is -0.456 e. The molecule has 3 aromatic heterocycles. The van der Waals surface area contributed by atoms with Gasteiger partial charge in [-0.05, 0) is 54.0 Å². The fourth-order valence-electron chi connectivity index (χ4n) is 7.66. The molecule has 206 valence electrons. The largest absolute Gasteiger partial charge is 0.456 e. The van der Waals surface area contributed by atoms with Crippen molar-refractivity contribution in [2.24, 2.45) is 5.92 Å². The smallest absolute Gasteiger partial charge is 0.320 e. The van der Waals surface area contributed by atoms with E-state index in [1.54, 1.807) is 0 Å². The number of para-hydroxylation sites is 3. The number of hydrogen-bond acceptors (Lipinski definition) is 3. The highest BCUT2D eigenvalue weighted by atomic mass is 16.4. The third-order valence-corrected chi connectivity index (χ3v) is 9.56. The molecule has 1 aliphatic heterocycles. The molecule has 0 saturated carbocycles. The van der Waals surface area contributed by atoms with Gasteiger partial charge in [0.25, 0.3) is 0 Å². The molecule has 3 aliphatic rings. The number of nitrogens with zero attached hydrogens (tertiary/aromatic N) is 1. The lowest BCUT2D eigenvalue weighted by molar-refractivity contribution is -0.650. The summed E-state index contributed by atoms with van der Waals surface area (Å²) in [6.07, 6.45) is 12.6. The second-order valence-corrected chi connectivity index (χ2v) is 11.9. The average molecular weight is 559 g/mol. The summed E-state index contributed by atoms with van der Waals surface area (Å²) in [5, 5.41) is 13.6. The molecule has 3 atom stereocenters. The molecule has 4 aromatic carbocycles. The van der Waals surface area contributed by atoms with E-state index in [0.717, 1.165) is 50.9 Å². The van der Waals surface area contributed by atoms with Crippen LogP contribution in [0.25, 0.3) is 56.0 Å². The van der Waals surface area contributed by atoms with E-state index in [1.807, 2.05) is 12.1 Å². The highest BCUT2D eigenvalue weighted by Gasteiger charge is 2.40. The van der Waals surface area contributed by atoms with Crippen LogP contribution >= 0.6 is 0 Å². The summed E-state index contributed by atoms with van der Waals surface area (Å²) in [6.45, 7) is 0. The highest BCUT2D eigenvalue weighted by Crippen LogP contribution is 2.44. The SMILES string of the molecule is C1=CCC2C=c3c(n(C4[NH2+]c5oc6ccccc6c5NC4c4cccc5oc6ccccc6c45)c4ccccc34)=CC2=C1. The number of anilines is 1. The minimum atomic E-state index is -0.0792. The summed E-state index contributed by atoms with van der Waals surface area (Å²) in [5.74, 6) is 1.30. The molecule has 0 radical (unpaired) electrons. The van der Waals surface area contributed by atoms with Crippen molar-refractivity contribution in [1.29, 1.82) is 0 Å². The van der Waals surface area contributed by atoms with Crippen molar-refractivity contribution >= 4 is 67.5 Å². The van der Waals surface area contributed by atoms with Gasteiger partial charge in [-0.15, -0.1) is 0 Å². The summed E-state index contributed by atoms with van der Waals surface area (Å²) < 4.78 is 15.4. The van der Waals surface area contributed by atoms with Crippen molar-refractivity contribution in [2.45, 2.75) is 18.6 Å². The number of hydrogen-bond donors (Lipinski definition) is 2. The van der Waals surface area contributed by atoms with E-state index in [1.165, 1.54) is 32.6 Å². The van der Waals surface area contributed by atoms with Gasteiger partial charge in [0.05, 0.1) is 16.3 Å². The fourth-order valence-corrected chi connectivity index (χ4v) is 7.66. The first-order chi connectivity index (χ1) is 21.3. The van der Waals surface area contributed by atoms with E-state index in [2.05, 4.69) is 124 Å². The minimum absolute atomic E-state index is 0.0677. The monoisotopic (exact) mass is 558 g/mol. The Labute approximate surface area is 246 Å². The maximum atomic E-state index is 6.50. The lowest BCUT2D eigenvalue weighted by Gasteiger charge is -2.32. The maximum Gasteiger partial charge on any atom is 0.320 e. The van der Waals surface area contributed by atoms with Gasteiger partial charge in [0.2, 0.25) is 0 Å². The second-order valence-electron chi connectivity index (χ2n) is 11.9. The van der Waals surface area contributed by atoms with Crippen LogP contribution in [0.15, 0.2) is 124 Å². The van der Waals surface area contributed by atoms with E-state index in [0.29, 0.717) is 5.92 Å². The Hall–Kier alpha value is -5.26. The first-order valence-corrected chi connectivity index (χ1v) is 15.0. The van der Waals surface area contributed by atoms with E-state index in [-0.39, 0.29) is 12.2 Å².